The first kappa shape index (κ1) is 19.5. The molecule has 3 N–H and O–H groups in total. The average Bonchev–Trinajstić information content (AvgIpc) is 3.42. The SMILES string of the molecule is CC1CCc2c(sc(NC(=O)CCN3C(=O)C4C5C=CC(C5)C4C3=O)c2C(N)=O)C1. The fourth-order valence-electron chi connectivity index (χ4n) is 5.69. The van der Waals surface area contributed by atoms with E-state index in [9.17, 15) is 19.2 Å². The van der Waals surface area contributed by atoms with Crippen LogP contribution < -0.4 is 11.1 Å². The van der Waals surface area contributed by atoms with Gasteiger partial charge in [-0.1, -0.05) is 19.1 Å². The average molecular weight is 428 g/mol. The number of nitrogens with two attached hydrogens (primary N) is 1. The minimum atomic E-state index is -0.530. The molecule has 0 spiro atoms. The number of likely N-dealkylation sites (tertiary alicyclic amines) is 1. The Hall–Kier alpha value is -2.48. The first-order valence-corrected chi connectivity index (χ1v) is 11.4. The van der Waals surface area contributed by atoms with Gasteiger partial charge in [-0.25, -0.2) is 0 Å². The highest BCUT2D eigenvalue weighted by molar-refractivity contribution is 7.17. The maximum absolute atomic E-state index is 12.7. The topological polar surface area (TPSA) is 110 Å². The maximum atomic E-state index is 12.7. The summed E-state index contributed by atoms with van der Waals surface area (Å²) in [6, 6.07) is 0. The van der Waals surface area contributed by atoms with Crippen LogP contribution >= 0.6 is 11.3 Å². The van der Waals surface area contributed by atoms with Gasteiger partial charge in [0.2, 0.25) is 17.7 Å². The van der Waals surface area contributed by atoms with E-state index in [1.54, 1.807) is 0 Å². The smallest absolute Gasteiger partial charge is 0.251 e. The standard InChI is InChI=1S/C22H25N3O4S/c1-10-2-5-13-14(8-10)30-20(18(13)19(23)27)24-15(26)6-7-25-21(28)16-11-3-4-12(9-11)17(16)22(25)29/h3-4,10-12,16-17H,2,5-9H2,1H3,(H2,23,27)(H,24,26). The predicted octanol–water partition coefficient (Wildman–Crippen LogP) is 2.11. The lowest BCUT2D eigenvalue weighted by Gasteiger charge is -2.18. The Bertz CT molecular complexity index is 967. The Morgan fingerprint density at radius 2 is 1.87 bits per heavy atom. The molecule has 2 heterocycles. The number of carbonyl (C=O) groups is 4. The lowest BCUT2D eigenvalue weighted by atomic mass is 9.85. The van der Waals surface area contributed by atoms with Gasteiger partial charge < -0.3 is 11.1 Å². The second-order valence-electron chi connectivity index (χ2n) is 9.05. The molecular formula is C22H25N3O4S. The monoisotopic (exact) mass is 427 g/mol. The van der Waals surface area contributed by atoms with Crippen LogP contribution in [0.15, 0.2) is 12.2 Å². The summed E-state index contributed by atoms with van der Waals surface area (Å²) in [7, 11) is 0. The van der Waals surface area contributed by atoms with E-state index in [2.05, 4.69) is 24.4 Å². The van der Waals surface area contributed by atoms with Gasteiger partial charge in [-0.15, -0.1) is 11.3 Å². The molecule has 4 amide bonds. The van der Waals surface area contributed by atoms with Crippen molar-refractivity contribution in [3.05, 3.63) is 28.2 Å². The molecule has 3 aliphatic carbocycles. The largest absolute Gasteiger partial charge is 0.365 e. The molecule has 4 aliphatic rings. The number of fused-ring (bicyclic) bond motifs is 6. The molecule has 2 fully saturated rings. The summed E-state index contributed by atoms with van der Waals surface area (Å²) >= 11 is 1.42. The van der Waals surface area contributed by atoms with Gasteiger partial charge in [-0.3, -0.25) is 24.1 Å². The normalized spacial score (nSPS) is 31.2. The number of primary amides is 1. The van der Waals surface area contributed by atoms with E-state index in [-0.39, 0.29) is 54.4 Å². The number of anilines is 1. The van der Waals surface area contributed by atoms with Crippen molar-refractivity contribution in [2.24, 2.45) is 35.3 Å². The molecule has 5 unspecified atom stereocenters. The summed E-state index contributed by atoms with van der Waals surface area (Å²) < 4.78 is 0. The summed E-state index contributed by atoms with van der Waals surface area (Å²) in [6.07, 6.45) is 7.67. The predicted molar refractivity (Wildman–Crippen MR) is 112 cm³/mol. The van der Waals surface area contributed by atoms with Crippen molar-refractivity contribution in [3.63, 3.8) is 0 Å². The molecule has 1 aromatic rings. The maximum Gasteiger partial charge on any atom is 0.251 e. The Labute approximate surface area is 178 Å². The number of nitrogens with zero attached hydrogens (tertiary/aromatic N) is 1. The van der Waals surface area contributed by atoms with Crippen molar-refractivity contribution in [2.75, 3.05) is 11.9 Å². The molecule has 2 bridgehead atoms. The fraction of sp³-hybridized carbons (Fsp3) is 0.545. The first-order chi connectivity index (χ1) is 14.3. The number of imide groups is 1. The van der Waals surface area contributed by atoms with Crippen LogP contribution in [0, 0.1) is 29.6 Å². The third-order valence-electron chi connectivity index (χ3n) is 7.14. The summed E-state index contributed by atoms with van der Waals surface area (Å²) in [5, 5.41) is 3.31. The zero-order valence-electron chi connectivity index (χ0n) is 16.8. The minimum absolute atomic E-state index is 0.0108. The molecule has 30 heavy (non-hydrogen) atoms. The highest BCUT2D eigenvalue weighted by Gasteiger charge is 2.59. The van der Waals surface area contributed by atoms with Crippen molar-refractivity contribution in [2.45, 2.75) is 39.0 Å². The van der Waals surface area contributed by atoms with Gasteiger partial charge in [0.25, 0.3) is 5.91 Å². The van der Waals surface area contributed by atoms with E-state index in [1.807, 2.05) is 0 Å². The number of thiophene rings is 1. The second kappa shape index (κ2) is 7.04. The molecule has 5 atom stereocenters. The first-order valence-electron chi connectivity index (χ1n) is 10.6. The fourth-order valence-corrected chi connectivity index (χ4v) is 7.12. The Morgan fingerprint density at radius 1 is 1.20 bits per heavy atom. The van der Waals surface area contributed by atoms with Gasteiger partial charge in [0.15, 0.2) is 0 Å². The molecule has 1 saturated carbocycles. The molecule has 5 rings (SSSR count). The minimum Gasteiger partial charge on any atom is -0.365 e. The molecule has 0 aromatic carbocycles. The van der Waals surface area contributed by atoms with Crippen LogP contribution in [0.3, 0.4) is 0 Å². The lowest BCUT2D eigenvalue weighted by Crippen LogP contribution is -2.35. The van der Waals surface area contributed by atoms with Gasteiger partial charge >= 0.3 is 0 Å². The highest BCUT2D eigenvalue weighted by Crippen LogP contribution is 2.52. The molecule has 7 nitrogen and oxygen atoms in total. The molecule has 0 radical (unpaired) electrons. The van der Waals surface area contributed by atoms with Gasteiger partial charge in [-0.05, 0) is 49.0 Å². The van der Waals surface area contributed by atoms with Gasteiger partial charge in [0.1, 0.15) is 5.00 Å². The van der Waals surface area contributed by atoms with Crippen molar-refractivity contribution in [1.29, 1.82) is 0 Å². The van der Waals surface area contributed by atoms with E-state index < -0.39 is 5.91 Å². The van der Waals surface area contributed by atoms with E-state index in [4.69, 9.17) is 5.73 Å². The quantitative estimate of drug-likeness (QED) is 0.554. The van der Waals surface area contributed by atoms with Crippen LogP contribution in [0.1, 0.15) is 47.0 Å². The van der Waals surface area contributed by atoms with Crippen molar-refractivity contribution < 1.29 is 19.2 Å². The zero-order chi connectivity index (χ0) is 21.2. The van der Waals surface area contributed by atoms with E-state index in [0.29, 0.717) is 16.5 Å². The third-order valence-corrected chi connectivity index (χ3v) is 8.30. The van der Waals surface area contributed by atoms with Crippen LogP contribution in [0.5, 0.6) is 0 Å². The third kappa shape index (κ3) is 2.92. The van der Waals surface area contributed by atoms with Crippen LogP contribution in [0.25, 0.3) is 0 Å². The van der Waals surface area contributed by atoms with E-state index >= 15 is 0 Å². The lowest BCUT2D eigenvalue weighted by molar-refractivity contribution is -0.140. The number of nitrogens with one attached hydrogen (secondary N) is 1. The van der Waals surface area contributed by atoms with Crippen LogP contribution in [-0.4, -0.2) is 35.1 Å². The highest BCUT2D eigenvalue weighted by atomic mass is 32.1. The number of hydrogen-bond donors (Lipinski definition) is 2. The zero-order valence-corrected chi connectivity index (χ0v) is 17.7. The Balaban J connectivity index is 1.26. The number of rotatable bonds is 5. The van der Waals surface area contributed by atoms with Crippen LogP contribution in [0.2, 0.25) is 0 Å². The van der Waals surface area contributed by atoms with E-state index in [1.165, 1.54) is 16.2 Å². The van der Waals surface area contributed by atoms with Crippen molar-refractivity contribution in [1.82, 2.24) is 4.90 Å². The summed E-state index contributed by atoms with van der Waals surface area (Å²) in [4.78, 5) is 52.5. The van der Waals surface area contributed by atoms with E-state index in [0.717, 1.165) is 36.1 Å². The number of carbonyl (C=O) groups excluding carboxylic acids is 4. The second-order valence-corrected chi connectivity index (χ2v) is 10.2. The van der Waals surface area contributed by atoms with Crippen LogP contribution in [0.4, 0.5) is 5.00 Å². The van der Waals surface area contributed by atoms with Crippen molar-refractivity contribution in [3.8, 4) is 0 Å². The summed E-state index contributed by atoms with van der Waals surface area (Å²) in [5.74, 6) is -0.772. The molecular weight excluding hydrogens is 402 g/mol. The van der Waals surface area contributed by atoms with Gasteiger partial charge in [0.05, 0.1) is 17.4 Å². The molecule has 1 aliphatic heterocycles. The number of amides is 4. The molecule has 1 aromatic heterocycles. The summed E-state index contributed by atoms with van der Waals surface area (Å²) in [5.41, 5.74) is 6.98. The van der Waals surface area contributed by atoms with Gasteiger partial charge in [0, 0.05) is 17.8 Å². The molecule has 1 saturated heterocycles. The molecule has 158 valence electrons. The number of allylic oxidation sites excluding steroid dienone is 2. The number of hydrogen-bond acceptors (Lipinski definition) is 5. The summed E-state index contributed by atoms with van der Waals surface area (Å²) in [6.45, 7) is 2.25. The molecule has 8 heteroatoms. The Kier molecular flexibility index (Phi) is 4.57. The van der Waals surface area contributed by atoms with Crippen LogP contribution in [-0.2, 0) is 27.2 Å². The van der Waals surface area contributed by atoms with Crippen molar-refractivity contribution >= 4 is 40.0 Å². The van der Waals surface area contributed by atoms with Gasteiger partial charge in [-0.2, -0.15) is 0 Å². The Morgan fingerprint density at radius 3 is 2.50 bits per heavy atom.